The number of rotatable bonds is 7. The molecule has 7 heteroatoms. The van der Waals surface area contributed by atoms with E-state index in [0.29, 0.717) is 11.3 Å². The summed E-state index contributed by atoms with van der Waals surface area (Å²) >= 11 is 3.37. The summed E-state index contributed by atoms with van der Waals surface area (Å²) in [5, 5.41) is 8.08. The van der Waals surface area contributed by atoms with Crippen LogP contribution in [0.1, 0.15) is 29.3 Å². The molecule has 142 valence electrons. The molecule has 0 aliphatic rings. The molecule has 0 spiro atoms. The number of amides is 3. The normalized spacial score (nSPS) is 11.4. The minimum Gasteiger partial charge on any atom is -0.349 e. The third-order valence-corrected chi connectivity index (χ3v) is 4.31. The third-order valence-electron chi connectivity index (χ3n) is 3.81. The van der Waals surface area contributed by atoms with Gasteiger partial charge in [-0.1, -0.05) is 34.1 Å². The molecular weight excluding hydrogens is 410 g/mol. The molecule has 0 heterocycles. The molecule has 0 aliphatic heterocycles. The first-order valence-corrected chi connectivity index (χ1v) is 9.33. The number of halogens is 1. The fourth-order valence-electron chi connectivity index (χ4n) is 2.44. The molecule has 3 N–H and O–H groups in total. The average Bonchev–Trinajstić information content (AvgIpc) is 2.63. The first-order chi connectivity index (χ1) is 12.8. The molecule has 0 saturated carbocycles. The van der Waals surface area contributed by atoms with E-state index in [1.165, 1.54) is 0 Å². The van der Waals surface area contributed by atoms with Gasteiger partial charge in [-0.3, -0.25) is 14.4 Å². The molecule has 0 radical (unpaired) electrons. The maximum absolute atomic E-state index is 12.1. The largest absolute Gasteiger partial charge is 0.349 e. The van der Waals surface area contributed by atoms with Gasteiger partial charge in [0.1, 0.15) is 0 Å². The van der Waals surface area contributed by atoms with Crippen LogP contribution in [0.25, 0.3) is 0 Å². The summed E-state index contributed by atoms with van der Waals surface area (Å²) in [4.78, 5) is 36.0. The number of carbonyl (C=O) groups is 3. The molecule has 2 aromatic carbocycles. The minimum atomic E-state index is -0.352. The van der Waals surface area contributed by atoms with Crippen molar-refractivity contribution in [3.63, 3.8) is 0 Å². The lowest BCUT2D eigenvalue weighted by Crippen LogP contribution is -2.39. The van der Waals surface area contributed by atoms with Crippen LogP contribution in [0.3, 0.4) is 0 Å². The summed E-state index contributed by atoms with van der Waals surface area (Å²) in [5.74, 6) is -0.854. The highest BCUT2D eigenvalue weighted by molar-refractivity contribution is 9.10. The van der Waals surface area contributed by atoms with Gasteiger partial charge in [0, 0.05) is 28.2 Å². The van der Waals surface area contributed by atoms with Gasteiger partial charge in [0.25, 0.3) is 5.91 Å². The lowest BCUT2D eigenvalue weighted by atomic mass is 10.1. The molecule has 2 rings (SSSR count). The van der Waals surface area contributed by atoms with Crippen molar-refractivity contribution in [1.29, 1.82) is 0 Å². The fraction of sp³-hybridized carbons (Fsp3) is 0.250. The molecule has 0 bridgehead atoms. The molecule has 6 nitrogen and oxygen atoms in total. The molecule has 2 aromatic rings. The van der Waals surface area contributed by atoms with Gasteiger partial charge in [-0.15, -0.1) is 0 Å². The van der Waals surface area contributed by atoms with Crippen molar-refractivity contribution in [2.45, 2.75) is 26.3 Å². The zero-order valence-corrected chi connectivity index (χ0v) is 16.8. The highest BCUT2D eigenvalue weighted by atomic mass is 79.9. The molecule has 3 amide bonds. The zero-order chi connectivity index (χ0) is 19.8. The van der Waals surface area contributed by atoms with E-state index in [-0.39, 0.29) is 36.7 Å². The lowest BCUT2D eigenvalue weighted by molar-refractivity contribution is -0.124. The van der Waals surface area contributed by atoms with Crippen LogP contribution in [0.5, 0.6) is 0 Å². The van der Waals surface area contributed by atoms with Crippen molar-refractivity contribution >= 4 is 39.3 Å². The molecule has 0 fully saturated rings. The maximum Gasteiger partial charge on any atom is 0.251 e. The number of carbonyl (C=O) groups excluding carboxylic acids is 3. The Hall–Kier alpha value is -2.67. The summed E-state index contributed by atoms with van der Waals surface area (Å²) in [6.45, 7) is 3.50. The Labute approximate surface area is 166 Å². The van der Waals surface area contributed by atoms with E-state index in [2.05, 4.69) is 31.9 Å². The van der Waals surface area contributed by atoms with Crippen molar-refractivity contribution in [1.82, 2.24) is 10.6 Å². The van der Waals surface area contributed by atoms with Crippen LogP contribution in [-0.2, 0) is 9.59 Å². The Kier molecular flexibility index (Phi) is 7.55. The van der Waals surface area contributed by atoms with Crippen LogP contribution < -0.4 is 16.0 Å². The summed E-state index contributed by atoms with van der Waals surface area (Å²) in [6.07, 6.45) is 0.0865. The van der Waals surface area contributed by atoms with Gasteiger partial charge in [-0.25, -0.2) is 0 Å². The Morgan fingerprint density at radius 3 is 2.41 bits per heavy atom. The second-order valence-electron chi connectivity index (χ2n) is 6.23. The highest BCUT2D eigenvalue weighted by Crippen LogP contribution is 2.19. The molecule has 1 atom stereocenters. The van der Waals surface area contributed by atoms with Crippen LogP contribution in [0.4, 0.5) is 5.69 Å². The van der Waals surface area contributed by atoms with Gasteiger partial charge in [0.15, 0.2) is 0 Å². The van der Waals surface area contributed by atoms with Gasteiger partial charge in [-0.2, -0.15) is 0 Å². The SMILES string of the molecule is Cc1cc(Br)ccc1NC(=O)CNC(=O)C[C@@H](C)NC(=O)c1ccccc1. The predicted molar refractivity (Wildman–Crippen MR) is 109 cm³/mol. The second-order valence-corrected chi connectivity index (χ2v) is 7.14. The van der Waals surface area contributed by atoms with Gasteiger partial charge in [0.2, 0.25) is 11.8 Å². The highest BCUT2D eigenvalue weighted by Gasteiger charge is 2.14. The number of nitrogens with one attached hydrogen (secondary N) is 3. The molecule has 0 aliphatic carbocycles. The van der Waals surface area contributed by atoms with Gasteiger partial charge in [-0.05, 0) is 49.7 Å². The Bertz CT molecular complexity index is 824. The van der Waals surface area contributed by atoms with Crippen LogP contribution in [-0.4, -0.2) is 30.3 Å². The topological polar surface area (TPSA) is 87.3 Å². The van der Waals surface area contributed by atoms with Gasteiger partial charge in [0.05, 0.1) is 6.54 Å². The molecular formula is C20H22BrN3O3. The smallest absolute Gasteiger partial charge is 0.251 e. The van der Waals surface area contributed by atoms with Crippen molar-refractivity contribution in [2.75, 3.05) is 11.9 Å². The van der Waals surface area contributed by atoms with Crippen LogP contribution in [0, 0.1) is 6.92 Å². The van der Waals surface area contributed by atoms with E-state index in [0.717, 1.165) is 10.0 Å². The van der Waals surface area contributed by atoms with Crippen molar-refractivity contribution < 1.29 is 14.4 Å². The Morgan fingerprint density at radius 1 is 1.04 bits per heavy atom. The van der Waals surface area contributed by atoms with E-state index in [4.69, 9.17) is 0 Å². The molecule has 0 saturated heterocycles. The maximum atomic E-state index is 12.1. The first-order valence-electron chi connectivity index (χ1n) is 8.54. The van der Waals surface area contributed by atoms with E-state index in [9.17, 15) is 14.4 Å². The van der Waals surface area contributed by atoms with Gasteiger partial charge >= 0.3 is 0 Å². The fourth-order valence-corrected chi connectivity index (χ4v) is 2.91. The lowest BCUT2D eigenvalue weighted by Gasteiger charge is -2.14. The Morgan fingerprint density at radius 2 is 1.74 bits per heavy atom. The van der Waals surface area contributed by atoms with E-state index in [1.54, 1.807) is 37.3 Å². The molecule has 27 heavy (non-hydrogen) atoms. The average molecular weight is 432 g/mol. The predicted octanol–water partition coefficient (Wildman–Crippen LogP) is 3.02. The quantitative estimate of drug-likeness (QED) is 0.629. The summed E-state index contributed by atoms with van der Waals surface area (Å²) in [6, 6.07) is 14.0. The number of anilines is 1. The molecule has 0 unspecified atom stereocenters. The van der Waals surface area contributed by atoms with Crippen molar-refractivity contribution in [3.8, 4) is 0 Å². The summed E-state index contributed by atoms with van der Waals surface area (Å²) < 4.78 is 0.929. The third kappa shape index (κ3) is 6.86. The van der Waals surface area contributed by atoms with Crippen LogP contribution >= 0.6 is 15.9 Å². The standard InChI is InChI=1S/C20H22BrN3O3/c1-13-10-16(21)8-9-17(13)24-19(26)12-22-18(25)11-14(2)23-20(27)15-6-4-3-5-7-15/h3-10,14H,11-12H2,1-2H3,(H,22,25)(H,23,27)(H,24,26)/t14-/m1/s1. The second kappa shape index (κ2) is 9.87. The van der Waals surface area contributed by atoms with Crippen molar-refractivity contribution in [3.05, 3.63) is 64.1 Å². The first kappa shape index (κ1) is 20.6. The number of hydrogen-bond acceptors (Lipinski definition) is 3. The Balaban J connectivity index is 1.75. The van der Waals surface area contributed by atoms with E-state index >= 15 is 0 Å². The van der Waals surface area contributed by atoms with Gasteiger partial charge < -0.3 is 16.0 Å². The van der Waals surface area contributed by atoms with Crippen LogP contribution in [0.15, 0.2) is 53.0 Å². The summed E-state index contributed by atoms with van der Waals surface area (Å²) in [7, 11) is 0. The van der Waals surface area contributed by atoms with E-state index < -0.39 is 0 Å². The van der Waals surface area contributed by atoms with Crippen molar-refractivity contribution in [2.24, 2.45) is 0 Å². The van der Waals surface area contributed by atoms with Crippen LogP contribution in [0.2, 0.25) is 0 Å². The number of hydrogen-bond donors (Lipinski definition) is 3. The number of aryl methyl sites for hydroxylation is 1. The minimum absolute atomic E-state index is 0.0865. The molecule has 0 aromatic heterocycles. The van der Waals surface area contributed by atoms with E-state index in [1.807, 2.05) is 25.1 Å². The number of benzene rings is 2. The monoisotopic (exact) mass is 431 g/mol. The zero-order valence-electron chi connectivity index (χ0n) is 15.2. The summed E-state index contributed by atoms with van der Waals surface area (Å²) in [5.41, 5.74) is 2.15.